The first-order valence-corrected chi connectivity index (χ1v) is 6.05. The SMILES string of the molecule is CCC1=CC(C(=O)OC)N(C(=O)OC(C)(C)C)C1. The average Bonchev–Trinajstić information content (AvgIpc) is 2.69. The van der Waals surface area contributed by atoms with E-state index in [2.05, 4.69) is 0 Å². The Morgan fingerprint density at radius 3 is 2.50 bits per heavy atom. The van der Waals surface area contributed by atoms with Gasteiger partial charge in [0, 0.05) is 6.54 Å². The zero-order chi connectivity index (χ0) is 13.9. The molecule has 1 amide bonds. The molecule has 1 atom stereocenters. The van der Waals surface area contributed by atoms with Crippen molar-refractivity contribution in [2.24, 2.45) is 0 Å². The molecule has 18 heavy (non-hydrogen) atoms. The fraction of sp³-hybridized carbons (Fsp3) is 0.692. The van der Waals surface area contributed by atoms with Crippen LogP contribution in [-0.4, -0.2) is 42.3 Å². The number of ether oxygens (including phenoxy) is 2. The molecule has 0 bridgehead atoms. The molecule has 0 radical (unpaired) electrons. The van der Waals surface area contributed by atoms with Gasteiger partial charge in [-0.3, -0.25) is 4.90 Å². The lowest BCUT2D eigenvalue weighted by molar-refractivity contribution is -0.144. The number of esters is 1. The Bertz CT molecular complexity index is 368. The average molecular weight is 255 g/mol. The smallest absolute Gasteiger partial charge is 0.411 e. The van der Waals surface area contributed by atoms with Crippen LogP contribution in [0.5, 0.6) is 0 Å². The van der Waals surface area contributed by atoms with E-state index < -0.39 is 23.7 Å². The van der Waals surface area contributed by atoms with Crippen molar-refractivity contribution in [2.75, 3.05) is 13.7 Å². The number of nitrogens with zero attached hydrogens (tertiary/aromatic N) is 1. The Hall–Kier alpha value is -1.52. The summed E-state index contributed by atoms with van der Waals surface area (Å²) < 4.78 is 9.99. The summed E-state index contributed by atoms with van der Waals surface area (Å²) in [6, 6.07) is -0.667. The Morgan fingerprint density at radius 1 is 1.44 bits per heavy atom. The summed E-state index contributed by atoms with van der Waals surface area (Å²) in [6.07, 6.45) is 2.08. The van der Waals surface area contributed by atoms with Gasteiger partial charge in [-0.1, -0.05) is 12.5 Å². The first kappa shape index (κ1) is 14.5. The van der Waals surface area contributed by atoms with Crippen molar-refractivity contribution >= 4 is 12.1 Å². The first-order chi connectivity index (χ1) is 8.28. The molecule has 1 unspecified atom stereocenters. The van der Waals surface area contributed by atoms with Gasteiger partial charge in [-0.05, 0) is 33.3 Å². The van der Waals surface area contributed by atoms with Gasteiger partial charge in [0.25, 0.3) is 0 Å². The van der Waals surface area contributed by atoms with Crippen LogP contribution in [0.1, 0.15) is 34.1 Å². The molecule has 0 aliphatic carbocycles. The summed E-state index contributed by atoms with van der Waals surface area (Å²) in [5.74, 6) is -0.440. The van der Waals surface area contributed by atoms with Crippen LogP contribution in [0.4, 0.5) is 4.79 Å². The maximum atomic E-state index is 12.0. The van der Waals surface area contributed by atoms with Crippen LogP contribution in [0.15, 0.2) is 11.6 Å². The minimum Gasteiger partial charge on any atom is -0.467 e. The number of amides is 1. The van der Waals surface area contributed by atoms with E-state index in [1.54, 1.807) is 26.8 Å². The largest absolute Gasteiger partial charge is 0.467 e. The summed E-state index contributed by atoms with van der Waals surface area (Å²) in [5.41, 5.74) is 0.462. The molecule has 0 N–H and O–H groups in total. The van der Waals surface area contributed by atoms with Crippen molar-refractivity contribution < 1.29 is 19.1 Å². The van der Waals surface area contributed by atoms with Crippen LogP contribution in [0.2, 0.25) is 0 Å². The van der Waals surface area contributed by atoms with E-state index in [1.165, 1.54) is 12.0 Å². The highest BCUT2D eigenvalue weighted by Gasteiger charge is 2.36. The second kappa shape index (κ2) is 5.42. The number of methoxy groups -OCH3 is 1. The third-order valence-corrected chi connectivity index (χ3v) is 2.63. The monoisotopic (exact) mass is 255 g/mol. The van der Waals surface area contributed by atoms with Gasteiger partial charge in [-0.25, -0.2) is 9.59 Å². The van der Waals surface area contributed by atoms with Gasteiger partial charge < -0.3 is 9.47 Å². The minimum absolute atomic E-state index is 0.422. The number of hydrogen-bond acceptors (Lipinski definition) is 4. The summed E-state index contributed by atoms with van der Waals surface area (Å²) in [4.78, 5) is 25.1. The van der Waals surface area contributed by atoms with Gasteiger partial charge in [0.1, 0.15) is 5.60 Å². The third kappa shape index (κ3) is 3.48. The summed E-state index contributed by atoms with van der Waals surface area (Å²) in [7, 11) is 1.31. The highest BCUT2D eigenvalue weighted by molar-refractivity contribution is 5.84. The van der Waals surface area contributed by atoms with E-state index in [1.807, 2.05) is 6.92 Å². The standard InChI is InChI=1S/C13H21NO4/c1-6-9-7-10(11(15)17-5)14(8-9)12(16)18-13(2,3)4/h7,10H,6,8H2,1-5H3. The van der Waals surface area contributed by atoms with E-state index in [0.717, 1.165) is 12.0 Å². The molecule has 0 fully saturated rings. The lowest BCUT2D eigenvalue weighted by Gasteiger charge is -2.27. The fourth-order valence-electron chi connectivity index (χ4n) is 1.73. The molecule has 102 valence electrons. The van der Waals surface area contributed by atoms with Crippen molar-refractivity contribution in [1.29, 1.82) is 0 Å². The van der Waals surface area contributed by atoms with Crippen molar-refractivity contribution in [2.45, 2.75) is 45.8 Å². The van der Waals surface area contributed by atoms with E-state index in [0.29, 0.717) is 6.54 Å². The van der Waals surface area contributed by atoms with E-state index in [4.69, 9.17) is 9.47 Å². The van der Waals surface area contributed by atoms with Crippen molar-refractivity contribution in [1.82, 2.24) is 4.90 Å². The Kier molecular flexibility index (Phi) is 4.38. The fourth-order valence-corrected chi connectivity index (χ4v) is 1.73. The number of carbonyl (C=O) groups excluding carboxylic acids is 2. The molecule has 1 heterocycles. The van der Waals surface area contributed by atoms with Gasteiger partial charge in [-0.15, -0.1) is 0 Å². The molecule has 5 heteroatoms. The van der Waals surface area contributed by atoms with Gasteiger partial charge in [0.15, 0.2) is 6.04 Å². The molecule has 0 saturated heterocycles. The topological polar surface area (TPSA) is 55.8 Å². The quantitative estimate of drug-likeness (QED) is 0.560. The van der Waals surface area contributed by atoms with Crippen LogP contribution >= 0.6 is 0 Å². The first-order valence-electron chi connectivity index (χ1n) is 6.05. The van der Waals surface area contributed by atoms with E-state index in [-0.39, 0.29) is 0 Å². The number of rotatable bonds is 2. The van der Waals surface area contributed by atoms with Crippen LogP contribution in [-0.2, 0) is 14.3 Å². The molecule has 5 nitrogen and oxygen atoms in total. The van der Waals surface area contributed by atoms with Crippen molar-refractivity contribution in [3.8, 4) is 0 Å². The van der Waals surface area contributed by atoms with Gasteiger partial charge in [0.05, 0.1) is 7.11 Å². The molecule has 0 aromatic carbocycles. The highest BCUT2D eigenvalue weighted by atomic mass is 16.6. The molecule has 1 aliphatic heterocycles. The molecule has 0 aromatic heterocycles. The maximum absolute atomic E-state index is 12.0. The maximum Gasteiger partial charge on any atom is 0.411 e. The molecule has 1 rings (SSSR count). The molecule has 0 saturated carbocycles. The Labute approximate surface area is 108 Å². The summed E-state index contributed by atoms with van der Waals surface area (Å²) in [6.45, 7) is 7.79. The number of carbonyl (C=O) groups is 2. The van der Waals surface area contributed by atoms with Crippen molar-refractivity contribution in [3.63, 3.8) is 0 Å². The minimum atomic E-state index is -0.667. The molecular formula is C13H21NO4. The number of hydrogen-bond donors (Lipinski definition) is 0. The van der Waals surface area contributed by atoms with E-state index in [9.17, 15) is 9.59 Å². The lowest BCUT2D eigenvalue weighted by atomic mass is 10.2. The predicted octanol–water partition coefficient (Wildman–Crippen LogP) is 2.12. The van der Waals surface area contributed by atoms with Gasteiger partial charge >= 0.3 is 12.1 Å². The van der Waals surface area contributed by atoms with Crippen LogP contribution < -0.4 is 0 Å². The van der Waals surface area contributed by atoms with Crippen LogP contribution in [0.25, 0.3) is 0 Å². The van der Waals surface area contributed by atoms with E-state index >= 15 is 0 Å². The zero-order valence-electron chi connectivity index (χ0n) is 11.6. The Balaban J connectivity index is 2.82. The normalized spacial score (nSPS) is 19.5. The van der Waals surface area contributed by atoms with Crippen LogP contribution in [0.3, 0.4) is 0 Å². The molecule has 0 spiro atoms. The molecule has 0 aromatic rings. The second-order valence-electron chi connectivity index (χ2n) is 5.25. The van der Waals surface area contributed by atoms with Gasteiger partial charge in [-0.2, -0.15) is 0 Å². The highest BCUT2D eigenvalue weighted by Crippen LogP contribution is 2.22. The predicted molar refractivity (Wildman–Crippen MR) is 67.1 cm³/mol. The Morgan fingerprint density at radius 2 is 2.06 bits per heavy atom. The molecular weight excluding hydrogens is 234 g/mol. The van der Waals surface area contributed by atoms with Gasteiger partial charge in [0.2, 0.25) is 0 Å². The lowest BCUT2D eigenvalue weighted by Crippen LogP contribution is -2.44. The van der Waals surface area contributed by atoms with Crippen molar-refractivity contribution in [3.05, 3.63) is 11.6 Å². The summed E-state index contributed by atoms with van der Waals surface area (Å²) in [5, 5.41) is 0. The second-order valence-corrected chi connectivity index (χ2v) is 5.25. The molecule has 1 aliphatic rings. The zero-order valence-corrected chi connectivity index (χ0v) is 11.6. The summed E-state index contributed by atoms with van der Waals surface area (Å²) >= 11 is 0. The third-order valence-electron chi connectivity index (χ3n) is 2.63. The van der Waals surface area contributed by atoms with Crippen LogP contribution in [0, 0.1) is 0 Å².